The number of benzene rings is 3. The summed E-state index contributed by atoms with van der Waals surface area (Å²) in [6, 6.07) is 24.0. The Balaban J connectivity index is 2.00. The summed E-state index contributed by atoms with van der Waals surface area (Å²) in [5, 5.41) is 5.40. The highest BCUT2D eigenvalue weighted by atomic mass is 79.9. The molecule has 1 N–H and O–H groups in total. The summed E-state index contributed by atoms with van der Waals surface area (Å²) in [7, 11) is 0. The second-order valence-electron chi connectivity index (χ2n) is 6.66. The topological polar surface area (TPSA) is 67.8 Å². The normalized spacial score (nSPS) is 11.2. The molecule has 29 heavy (non-hydrogen) atoms. The van der Waals surface area contributed by atoms with Gasteiger partial charge in [0.15, 0.2) is 5.43 Å². The van der Waals surface area contributed by atoms with Crippen LogP contribution in [0.2, 0.25) is 0 Å². The van der Waals surface area contributed by atoms with Gasteiger partial charge in [-0.05, 0) is 30.3 Å². The van der Waals surface area contributed by atoms with Crippen molar-refractivity contribution in [1.29, 1.82) is 0 Å². The van der Waals surface area contributed by atoms with Crippen LogP contribution in [0.4, 0.5) is 0 Å². The molecule has 6 heteroatoms. The van der Waals surface area contributed by atoms with Gasteiger partial charge in [-0.2, -0.15) is 9.78 Å². The van der Waals surface area contributed by atoms with E-state index in [1.807, 2.05) is 66.7 Å². The molecule has 2 heterocycles. The molecule has 0 spiro atoms. The number of halogens is 1. The summed E-state index contributed by atoms with van der Waals surface area (Å²) in [5.74, 6) is 0. The average molecular weight is 444 g/mol. The molecule has 0 aliphatic heterocycles. The van der Waals surface area contributed by atoms with Crippen LogP contribution in [0.1, 0.15) is 0 Å². The molecule has 2 aromatic heterocycles. The van der Waals surface area contributed by atoms with Crippen molar-refractivity contribution in [1.82, 2.24) is 14.8 Å². The minimum Gasteiger partial charge on any atom is -0.350 e. The molecule has 5 rings (SSSR count). The summed E-state index contributed by atoms with van der Waals surface area (Å²) in [6.07, 6.45) is 0. The number of fused-ring (bicyclic) bond motifs is 2. The number of pyridine rings is 1. The van der Waals surface area contributed by atoms with Crippen molar-refractivity contribution >= 4 is 37.7 Å². The summed E-state index contributed by atoms with van der Waals surface area (Å²) in [4.78, 5) is 29.9. The zero-order valence-electron chi connectivity index (χ0n) is 15.1. The standard InChI is InChI=1S/C23H14BrN3O2/c24-15-11-12-18-17(13-15)22(28)19-20(14-7-3-1-4-8-14)26-27(23(29)21(19)25-18)16-9-5-2-6-10-16/h1-13H,(H,25,28). The van der Waals surface area contributed by atoms with Crippen LogP contribution < -0.4 is 11.0 Å². The van der Waals surface area contributed by atoms with E-state index in [-0.39, 0.29) is 16.5 Å². The Labute approximate surface area is 173 Å². The first-order valence-electron chi connectivity index (χ1n) is 9.03. The van der Waals surface area contributed by atoms with Crippen LogP contribution in [0, 0.1) is 0 Å². The second kappa shape index (κ2) is 6.83. The fourth-order valence-corrected chi connectivity index (χ4v) is 3.85. The first-order valence-corrected chi connectivity index (χ1v) is 9.82. The number of hydrogen-bond donors (Lipinski definition) is 1. The fourth-order valence-electron chi connectivity index (χ4n) is 3.49. The summed E-state index contributed by atoms with van der Waals surface area (Å²) < 4.78 is 2.13. The highest BCUT2D eigenvalue weighted by Gasteiger charge is 2.18. The molecule has 0 aliphatic rings. The molecule has 0 bridgehead atoms. The molecule has 5 nitrogen and oxygen atoms in total. The van der Waals surface area contributed by atoms with Crippen LogP contribution in [-0.2, 0) is 0 Å². The van der Waals surface area contributed by atoms with E-state index in [0.29, 0.717) is 27.7 Å². The Morgan fingerprint density at radius 1 is 0.862 bits per heavy atom. The third-order valence-electron chi connectivity index (χ3n) is 4.85. The van der Waals surface area contributed by atoms with Crippen LogP contribution in [0.25, 0.3) is 38.8 Å². The smallest absolute Gasteiger partial charge is 0.295 e. The minimum atomic E-state index is -0.368. The predicted molar refractivity (Wildman–Crippen MR) is 119 cm³/mol. The predicted octanol–water partition coefficient (Wildman–Crippen LogP) is 4.66. The molecule has 3 aromatic carbocycles. The lowest BCUT2D eigenvalue weighted by Gasteiger charge is -2.12. The maximum Gasteiger partial charge on any atom is 0.295 e. The van der Waals surface area contributed by atoms with Crippen molar-refractivity contribution in [2.45, 2.75) is 0 Å². The van der Waals surface area contributed by atoms with Gasteiger partial charge in [0.05, 0.1) is 11.1 Å². The molecule has 0 aliphatic carbocycles. The minimum absolute atomic E-state index is 0.223. The summed E-state index contributed by atoms with van der Waals surface area (Å²) in [6.45, 7) is 0. The molecule has 0 saturated carbocycles. The van der Waals surface area contributed by atoms with Gasteiger partial charge >= 0.3 is 0 Å². The van der Waals surface area contributed by atoms with Crippen molar-refractivity contribution in [2.24, 2.45) is 0 Å². The Kier molecular flexibility index (Phi) is 4.14. The quantitative estimate of drug-likeness (QED) is 0.403. The van der Waals surface area contributed by atoms with Crippen LogP contribution >= 0.6 is 15.9 Å². The van der Waals surface area contributed by atoms with E-state index in [1.165, 1.54) is 4.68 Å². The molecule has 0 fully saturated rings. The molecule has 0 unspecified atom stereocenters. The second-order valence-corrected chi connectivity index (χ2v) is 7.58. The van der Waals surface area contributed by atoms with Gasteiger partial charge in [0, 0.05) is 20.9 Å². The van der Waals surface area contributed by atoms with Gasteiger partial charge in [0.1, 0.15) is 11.2 Å². The molecule has 140 valence electrons. The first kappa shape index (κ1) is 17.6. The number of hydrogen-bond acceptors (Lipinski definition) is 3. The van der Waals surface area contributed by atoms with Gasteiger partial charge < -0.3 is 4.98 Å². The van der Waals surface area contributed by atoms with Gasteiger partial charge in [0.25, 0.3) is 5.56 Å². The monoisotopic (exact) mass is 443 g/mol. The van der Waals surface area contributed by atoms with Gasteiger partial charge in [-0.3, -0.25) is 9.59 Å². The number of rotatable bonds is 2. The van der Waals surface area contributed by atoms with E-state index in [1.54, 1.807) is 12.1 Å². The van der Waals surface area contributed by atoms with E-state index in [2.05, 4.69) is 26.0 Å². The Hall–Kier alpha value is -3.51. The maximum atomic E-state index is 13.4. The van der Waals surface area contributed by atoms with Crippen LogP contribution in [0.3, 0.4) is 0 Å². The van der Waals surface area contributed by atoms with Crippen LogP contribution in [0.15, 0.2) is 92.9 Å². The van der Waals surface area contributed by atoms with Crippen LogP contribution in [0.5, 0.6) is 0 Å². The van der Waals surface area contributed by atoms with E-state index in [0.717, 1.165) is 10.0 Å². The number of para-hydroxylation sites is 1. The van der Waals surface area contributed by atoms with Crippen LogP contribution in [-0.4, -0.2) is 14.8 Å². The molecule has 0 amide bonds. The third-order valence-corrected chi connectivity index (χ3v) is 5.35. The zero-order valence-corrected chi connectivity index (χ0v) is 16.7. The first-order chi connectivity index (χ1) is 14.1. The number of nitrogens with zero attached hydrogens (tertiary/aromatic N) is 2. The molecular weight excluding hydrogens is 430 g/mol. The third kappa shape index (κ3) is 2.89. The lowest BCUT2D eigenvalue weighted by atomic mass is 10.0. The van der Waals surface area contributed by atoms with Gasteiger partial charge in [-0.15, -0.1) is 0 Å². The number of aromatic amines is 1. The SMILES string of the molecule is O=c1c2cc(Br)ccc2[nH]c2c(=O)n(-c3ccccc3)nc(-c3ccccc3)c12. The highest BCUT2D eigenvalue weighted by molar-refractivity contribution is 9.10. The molecule has 0 atom stereocenters. The van der Waals surface area contributed by atoms with Gasteiger partial charge in [0.2, 0.25) is 0 Å². The Bertz CT molecular complexity index is 1490. The number of H-pyrrole nitrogens is 1. The molecule has 0 saturated heterocycles. The van der Waals surface area contributed by atoms with E-state index in [4.69, 9.17) is 0 Å². The van der Waals surface area contributed by atoms with Gasteiger partial charge in [-0.1, -0.05) is 64.5 Å². The van der Waals surface area contributed by atoms with Crippen molar-refractivity contribution in [3.8, 4) is 16.9 Å². The van der Waals surface area contributed by atoms with E-state index < -0.39 is 0 Å². The van der Waals surface area contributed by atoms with Crippen molar-refractivity contribution < 1.29 is 0 Å². The molecule has 5 aromatic rings. The van der Waals surface area contributed by atoms with Crippen molar-refractivity contribution in [3.63, 3.8) is 0 Å². The zero-order chi connectivity index (χ0) is 20.0. The van der Waals surface area contributed by atoms with Gasteiger partial charge in [-0.25, -0.2) is 0 Å². The summed E-state index contributed by atoms with van der Waals surface area (Å²) >= 11 is 3.42. The summed E-state index contributed by atoms with van der Waals surface area (Å²) in [5.41, 5.74) is 2.12. The van der Waals surface area contributed by atoms with E-state index >= 15 is 0 Å². The number of nitrogens with one attached hydrogen (secondary N) is 1. The Morgan fingerprint density at radius 2 is 1.55 bits per heavy atom. The average Bonchev–Trinajstić information content (AvgIpc) is 2.76. The maximum absolute atomic E-state index is 13.4. The lowest BCUT2D eigenvalue weighted by molar-refractivity contribution is 0.823. The van der Waals surface area contributed by atoms with Crippen molar-refractivity contribution in [3.05, 3.63) is 104 Å². The Morgan fingerprint density at radius 3 is 2.28 bits per heavy atom. The molecular formula is C23H14BrN3O2. The highest BCUT2D eigenvalue weighted by Crippen LogP contribution is 2.25. The number of aromatic nitrogens is 3. The largest absolute Gasteiger partial charge is 0.350 e. The molecule has 0 radical (unpaired) electrons. The fraction of sp³-hybridized carbons (Fsp3) is 0. The van der Waals surface area contributed by atoms with Crippen molar-refractivity contribution in [2.75, 3.05) is 0 Å². The lowest BCUT2D eigenvalue weighted by Crippen LogP contribution is -2.25. The van der Waals surface area contributed by atoms with E-state index in [9.17, 15) is 9.59 Å².